The van der Waals surface area contributed by atoms with Crippen molar-refractivity contribution in [1.82, 2.24) is 15.2 Å². The van der Waals surface area contributed by atoms with Crippen LogP contribution >= 0.6 is 0 Å². The van der Waals surface area contributed by atoms with Crippen LogP contribution in [0, 0.1) is 0 Å². The number of hydrogen-bond acceptors (Lipinski definition) is 2. The van der Waals surface area contributed by atoms with Crippen LogP contribution in [0.1, 0.15) is 44.8 Å². The number of nitrogens with one attached hydrogen (secondary N) is 2. The van der Waals surface area contributed by atoms with E-state index in [2.05, 4.69) is 30.2 Å². The van der Waals surface area contributed by atoms with Gasteiger partial charge in [0.2, 0.25) is 5.91 Å². The van der Waals surface area contributed by atoms with Gasteiger partial charge in [-0.3, -0.25) is 4.79 Å². The second-order valence-corrected chi connectivity index (χ2v) is 5.03. The molecule has 0 bridgehead atoms. The summed E-state index contributed by atoms with van der Waals surface area (Å²) in [6.45, 7) is 5.94. The Balaban J connectivity index is 1.97. The van der Waals surface area contributed by atoms with Gasteiger partial charge in [-0.1, -0.05) is 6.92 Å². The third-order valence-corrected chi connectivity index (χ3v) is 3.59. The monoisotopic (exact) mass is 249 g/mol. The summed E-state index contributed by atoms with van der Waals surface area (Å²) in [7, 11) is 0. The quantitative estimate of drug-likeness (QED) is 0.839. The molecule has 0 aliphatic carbocycles. The van der Waals surface area contributed by atoms with Gasteiger partial charge in [0.25, 0.3) is 0 Å². The number of rotatable bonds is 5. The first-order valence-corrected chi connectivity index (χ1v) is 6.88. The summed E-state index contributed by atoms with van der Waals surface area (Å²) >= 11 is 0. The Morgan fingerprint density at radius 1 is 1.67 bits per heavy atom. The van der Waals surface area contributed by atoms with Crippen molar-refractivity contribution in [3.05, 3.63) is 24.0 Å². The molecule has 1 saturated heterocycles. The van der Waals surface area contributed by atoms with Crippen molar-refractivity contribution >= 4 is 5.91 Å². The van der Waals surface area contributed by atoms with Crippen molar-refractivity contribution in [3.63, 3.8) is 0 Å². The van der Waals surface area contributed by atoms with Gasteiger partial charge < -0.3 is 15.2 Å². The number of aromatic amines is 1. The molecule has 2 N–H and O–H groups in total. The Labute approximate surface area is 109 Å². The van der Waals surface area contributed by atoms with E-state index in [1.807, 2.05) is 17.2 Å². The first-order chi connectivity index (χ1) is 8.72. The number of aromatic nitrogens is 1. The van der Waals surface area contributed by atoms with Crippen LogP contribution in [0.2, 0.25) is 0 Å². The maximum absolute atomic E-state index is 12.3. The molecule has 4 heteroatoms. The van der Waals surface area contributed by atoms with Gasteiger partial charge in [-0.25, -0.2) is 0 Å². The Morgan fingerprint density at radius 2 is 2.50 bits per heavy atom. The molecule has 1 fully saturated rings. The fourth-order valence-corrected chi connectivity index (χ4v) is 2.74. The zero-order valence-electron chi connectivity index (χ0n) is 11.3. The highest BCUT2D eigenvalue weighted by Gasteiger charge is 2.30. The fourth-order valence-electron chi connectivity index (χ4n) is 2.74. The number of amides is 1. The smallest absolute Gasteiger partial charge is 0.224 e. The molecule has 1 aromatic rings. The molecule has 2 unspecified atom stereocenters. The molecule has 1 aliphatic heterocycles. The van der Waals surface area contributed by atoms with E-state index >= 15 is 0 Å². The third-order valence-electron chi connectivity index (χ3n) is 3.59. The summed E-state index contributed by atoms with van der Waals surface area (Å²) in [5.41, 5.74) is 1.16. The average molecular weight is 249 g/mol. The number of H-pyrrole nitrogens is 1. The van der Waals surface area contributed by atoms with E-state index in [4.69, 9.17) is 0 Å². The summed E-state index contributed by atoms with van der Waals surface area (Å²) in [6.07, 6.45) is 4.69. The van der Waals surface area contributed by atoms with Gasteiger partial charge in [-0.15, -0.1) is 0 Å². The van der Waals surface area contributed by atoms with Crippen LogP contribution in [0.4, 0.5) is 0 Å². The van der Waals surface area contributed by atoms with Crippen LogP contribution in [0.3, 0.4) is 0 Å². The topological polar surface area (TPSA) is 48.1 Å². The molecule has 4 nitrogen and oxygen atoms in total. The Hall–Kier alpha value is -1.29. The highest BCUT2D eigenvalue weighted by molar-refractivity contribution is 5.77. The van der Waals surface area contributed by atoms with Crippen LogP contribution in [-0.2, 0) is 4.79 Å². The lowest BCUT2D eigenvalue weighted by Gasteiger charge is -2.25. The SMILES string of the molecule is CCNC(C)CC(=O)N1CCCC1c1ccc[nH]1. The van der Waals surface area contributed by atoms with E-state index in [9.17, 15) is 4.79 Å². The van der Waals surface area contributed by atoms with Crippen molar-refractivity contribution in [1.29, 1.82) is 0 Å². The zero-order valence-corrected chi connectivity index (χ0v) is 11.3. The molecule has 100 valence electrons. The summed E-state index contributed by atoms with van der Waals surface area (Å²) in [5, 5.41) is 3.29. The number of likely N-dealkylation sites (tertiary alicyclic amines) is 1. The van der Waals surface area contributed by atoms with Crippen LogP contribution in [0.25, 0.3) is 0 Å². The molecule has 2 rings (SSSR count). The molecule has 18 heavy (non-hydrogen) atoms. The molecule has 1 aromatic heterocycles. The second kappa shape index (κ2) is 6.05. The standard InChI is InChI=1S/C14H23N3O/c1-3-15-11(2)10-14(18)17-9-5-7-13(17)12-6-4-8-16-12/h4,6,8,11,13,15-16H,3,5,7,9-10H2,1-2H3. The Morgan fingerprint density at radius 3 is 3.17 bits per heavy atom. The van der Waals surface area contributed by atoms with E-state index in [-0.39, 0.29) is 18.0 Å². The van der Waals surface area contributed by atoms with E-state index in [0.29, 0.717) is 6.42 Å². The lowest BCUT2D eigenvalue weighted by atomic mass is 10.1. The van der Waals surface area contributed by atoms with Crippen LogP contribution in [0.15, 0.2) is 18.3 Å². The lowest BCUT2D eigenvalue weighted by molar-refractivity contribution is -0.132. The second-order valence-electron chi connectivity index (χ2n) is 5.03. The summed E-state index contributed by atoms with van der Waals surface area (Å²) < 4.78 is 0. The molecule has 0 radical (unpaired) electrons. The molecule has 0 spiro atoms. The summed E-state index contributed by atoms with van der Waals surface area (Å²) in [5.74, 6) is 0.264. The first kappa shape index (κ1) is 13.1. The van der Waals surface area contributed by atoms with Gasteiger partial charge >= 0.3 is 0 Å². The van der Waals surface area contributed by atoms with Crippen LogP contribution < -0.4 is 5.32 Å². The van der Waals surface area contributed by atoms with Gasteiger partial charge in [0.05, 0.1) is 6.04 Å². The van der Waals surface area contributed by atoms with Crippen molar-refractivity contribution in [3.8, 4) is 0 Å². The zero-order chi connectivity index (χ0) is 13.0. The normalized spacial score (nSPS) is 21.2. The number of nitrogens with zero attached hydrogens (tertiary/aromatic N) is 1. The Bertz CT molecular complexity index is 374. The number of hydrogen-bond donors (Lipinski definition) is 2. The largest absolute Gasteiger partial charge is 0.363 e. The molecule has 2 atom stereocenters. The summed E-state index contributed by atoms with van der Waals surface area (Å²) in [6, 6.07) is 4.58. The van der Waals surface area contributed by atoms with Gasteiger partial charge in [-0.2, -0.15) is 0 Å². The molecule has 0 aromatic carbocycles. The summed E-state index contributed by atoms with van der Waals surface area (Å²) in [4.78, 5) is 17.6. The van der Waals surface area contributed by atoms with Gasteiger partial charge in [0.15, 0.2) is 0 Å². The molecular formula is C14H23N3O. The maximum atomic E-state index is 12.3. The van der Waals surface area contributed by atoms with Gasteiger partial charge in [0.1, 0.15) is 0 Å². The average Bonchev–Trinajstić information content (AvgIpc) is 3.00. The predicted octanol–water partition coefficient (Wildman–Crippen LogP) is 2.07. The van der Waals surface area contributed by atoms with Crippen molar-refractivity contribution in [2.75, 3.05) is 13.1 Å². The molecule has 0 saturated carbocycles. The van der Waals surface area contributed by atoms with E-state index in [1.165, 1.54) is 0 Å². The fraction of sp³-hybridized carbons (Fsp3) is 0.643. The lowest BCUT2D eigenvalue weighted by Crippen LogP contribution is -2.36. The van der Waals surface area contributed by atoms with Crippen LogP contribution in [-0.4, -0.2) is 34.9 Å². The molecule has 1 amide bonds. The third kappa shape index (κ3) is 2.93. The number of carbonyl (C=O) groups excluding carboxylic acids is 1. The van der Waals surface area contributed by atoms with Gasteiger partial charge in [-0.05, 0) is 38.4 Å². The maximum Gasteiger partial charge on any atom is 0.224 e. The molecular weight excluding hydrogens is 226 g/mol. The van der Waals surface area contributed by atoms with Crippen molar-refractivity contribution in [2.45, 2.75) is 45.2 Å². The minimum atomic E-state index is 0.251. The Kier molecular flexibility index (Phi) is 4.42. The van der Waals surface area contributed by atoms with Crippen molar-refractivity contribution < 1.29 is 4.79 Å². The van der Waals surface area contributed by atoms with Crippen molar-refractivity contribution in [2.24, 2.45) is 0 Å². The predicted molar refractivity (Wildman–Crippen MR) is 72.2 cm³/mol. The van der Waals surface area contributed by atoms with E-state index < -0.39 is 0 Å². The highest BCUT2D eigenvalue weighted by Crippen LogP contribution is 2.31. The highest BCUT2D eigenvalue weighted by atomic mass is 16.2. The van der Waals surface area contributed by atoms with E-state index in [1.54, 1.807) is 0 Å². The first-order valence-electron chi connectivity index (χ1n) is 6.88. The van der Waals surface area contributed by atoms with E-state index in [0.717, 1.165) is 31.6 Å². The minimum absolute atomic E-state index is 0.251. The molecule has 1 aliphatic rings. The van der Waals surface area contributed by atoms with Crippen LogP contribution in [0.5, 0.6) is 0 Å². The van der Waals surface area contributed by atoms with Gasteiger partial charge in [0, 0.05) is 30.9 Å². The molecule has 2 heterocycles. The minimum Gasteiger partial charge on any atom is -0.363 e. The number of carbonyl (C=O) groups is 1.